The molecule has 27 heavy (non-hydrogen) atoms. The number of nitrogens with two attached hydrogens (primary N) is 1. The Labute approximate surface area is 157 Å². The van der Waals surface area contributed by atoms with E-state index < -0.39 is 6.09 Å². The molecule has 6 nitrogen and oxygen atoms in total. The maximum Gasteiger partial charge on any atom is 0.412 e. The molecule has 0 atom stereocenters. The fraction of sp³-hybridized carbons (Fsp3) is 0.0476. The second-order valence-corrected chi connectivity index (χ2v) is 5.79. The molecule has 6 heteroatoms. The smallest absolute Gasteiger partial charge is 0.410 e. The van der Waals surface area contributed by atoms with Gasteiger partial charge in [0.15, 0.2) is 0 Å². The van der Waals surface area contributed by atoms with Gasteiger partial charge in [-0.15, -0.1) is 0 Å². The van der Waals surface area contributed by atoms with E-state index in [0.717, 1.165) is 5.56 Å². The first-order valence-corrected chi connectivity index (χ1v) is 8.37. The molecule has 0 bridgehead atoms. The Morgan fingerprint density at radius 3 is 2.22 bits per heavy atom. The zero-order valence-electron chi connectivity index (χ0n) is 14.5. The van der Waals surface area contributed by atoms with Crippen molar-refractivity contribution in [1.82, 2.24) is 5.32 Å². The Kier molecular flexibility index (Phi) is 5.69. The first-order valence-electron chi connectivity index (χ1n) is 8.37. The lowest BCUT2D eigenvalue weighted by molar-refractivity contribution is 0.102. The molecule has 0 saturated heterocycles. The number of nitrogens with one attached hydrogen (secondary N) is 2. The lowest BCUT2D eigenvalue weighted by Gasteiger charge is -2.09. The van der Waals surface area contributed by atoms with Gasteiger partial charge in [-0.1, -0.05) is 42.5 Å². The van der Waals surface area contributed by atoms with E-state index in [9.17, 15) is 9.59 Å². The SMILES string of the molecule is Nc1ccccc1NC(=O)c1ccc(CNC(=O)Oc2ccccc2)cc1. The second-order valence-electron chi connectivity index (χ2n) is 5.79. The summed E-state index contributed by atoms with van der Waals surface area (Å²) in [7, 11) is 0. The summed E-state index contributed by atoms with van der Waals surface area (Å²) >= 11 is 0. The Morgan fingerprint density at radius 1 is 0.852 bits per heavy atom. The number of ether oxygens (including phenoxy) is 1. The molecule has 2 amide bonds. The number of hydrogen-bond donors (Lipinski definition) is 3. The summed E-state index contributed by atoms with van der Waals surface area (Å²) < 4.78 is 5.15. The highest BCUT2D eigenvalue weighted by atomic mass is 16.6. The van der Waals surface area contributed by atoms with Gasteiger partial charge in [0, 0.05) is 12.1 Å². The van der Waals surface area contributed by atoms with Crippen LogP contribution in [0, 0.1) is 0 Å². The van der Waals surface area contributed by atoms with Crippen LogP contribution in [0.2, 0.25) is 0 Å². The summed E-state index contributed by atoms with van der Waals surface area (Å²) in [6.07, 6.45) is -0.539. The molecule has 0 unspecified atom stereocenters. The average molecular weight is 361 g/mol. The van der Waals surface area contributed by atoms with E-state index in [1.54, 1.807) is 72.8 Å². The number of nitrogen functional groups attached to an aromatic ring is 1. The normalized spacial score (nSPS) is 10.1. The number of carbonyl (C=O) groups is 2. The molecule has 3 aromatic rings. The summed E-state index contributed by atoms with van der Waals surface area (Å²) in [6.45, 7) is 0.291. The molecule has 0 fully saturated rings. The highest BCUT2D eigenvalue weighted by Crippen LogP contribution is 2.18. The Bertz CT molecular complexity index is 925. The van der Waals surface area contributed by atoms with Crippen LogP contribution in [-0.2, 0) is 6.54 Å². The van der Waals surface area contributed by atoms with Crippen LogP contribution in [0.3, 0.4) is 0 Å². The molecule has 136 valence electrons. The van der Waals surface area contributed by atoms with Crippen LogP contribution in [0.15, 0.2) is 78.9 Å². The molecule has 3 aromatic carbocycles. The fourth-order valence-corrected chi connectivity index (χ4v) is 2.39. The molecule has 0 aromatic heterocycles. The van der Waals surface area contributed by atoms with Gasteiger partial charge in [-0.2, -0.15) is 0 Å². The molecule has 4 N–H and O–H groups in total. The van der Waals surface area contributed by atoms with Crippen molar-refractivity contribution in [2.75, 3.05) is 11.1 Å². The third-order valence-corrected chi connectivity index (χ3v) is 3.82. The Hall–Kier alpha value is -3.80. The number of hydrogen-bond acceptors (Lipinski definition) is 4. The molecule has 0 aliphatic carbocycles. The number of amides is 2. The van der Waals surface area contributed by atoms with Crippen molar-refractivity contribution < 1.29 is 14.3 Å². The molecule has 0 heterocycles. The van der Waals surface area contributed by atoms with Crippen LogP contribution in [0.25, 0.3) is 0 Å². The number of anilines is 2. The predicted octanol–water partition coefficient (Wildman–Crippen LogP) is 3.81. The number of benzene rings is 3. The zero-order chi connectivity index (χ0) is 19.1. The summed E-state index contributed by atoms with van der Waals surface area (Å²) in [5.74, 6) is 0.220. The van der Waals surface area contributed by atoms with Gasteiger partial charge in [0.2, 0.25) is 0 Å². The number of rotatable bonds is 5. The van der Waals surface area contributed by atoms with Gasteiger partial charge in [0.25, 0.3) is 5.91 Å². The van der Waals surface area contributed by atoms with Crippen molar-refractivity contribution in [2.45, 2.75) is 6.54 Å². The largest absolute Gasteiger partial charge is 0.412 e. The van der Waals surface area contributed by atoms with Gasteiger partial charge in [0.1, 0.15) is 5.75 Å². The topological polar surface area (TPSA) is 93.5 Å². The molecule has 3 rings (SSSR count). The summed E-state index contributed by atoms with van der Waals surface area (Å²) in [4.78, 5) is 24.1. The van der Waals surface area contributed by atoms with E-state index in [0.29, 0.717) is 29.2 Å². The van der Waals surface area contributed by atoms with E-state index in [-0.39, 0.29) is 5.91 Å². The second kappa shape index (κ2) is 8.53. The van der Waals surface area contributed by atoms with Gasteiger partial charge >= 0.3 is 6.09 Å². The van der Waals surface area contributed by atoms with Crippen LogP contribution < -0.4 is 21.1 Å². The molecule has 0 saturated carbocycles. The van der Waals surface area contributed by atoms with Crippen molar-refractivity contribution in [3.8, 4) is 5.75 Å². The fourth-order valence-electron chi connectivity index (χ4n) is 2.39. The average Bonchev–Trinajstić information content (AvgIpc) is 2.69. The summed E-state index contributed by atoms with van der Waals surface area (Å²) in [5, 5.41) is 5.43. The van der Waals surface area contributed by atoms with Gasteiger partial charge in [-0.05, 0) is 42.0 Å². The maximum atomic E-state index is 12.3. The van der Waals surface area contributed by atoms with E-state index in [2.05, 4.69) is 10.6 Å². The molecule has 0 spiro atoms. The van der Waals surface area contributed by atoms with E-state index in [1.807, 2.05) is 6.07 Å². The number of para-hydroxylation sites is 3. The van der Waals surface area contributed by atoms with Crippen molar-refractivity contribution >= 4 is 23.4 Å². The summed E-state index contributed by atoms with van der Waals surface area (Å²) in [6, 6.07) is 22.8. The molecule has 0 radical (unpaired) electrons. The predicted molar refractivity (Wildman–Crippen MR) is 105 cm³/mol. The van der Waals surface area contributed by atoms with Crippen molar-refractivity contribution in [3.63, 3.8) is 0 Å². The lowest BCUT2D eigenvalue weighted by atomic mass is 10.1. The van der Waals surface area contributed by atoms with Crippen LogP contribution in [0.4, 0.5) is 16.2 Å². The third kappa shape index (κ3) is 5.09. The summed E-state index contributed by atoms with van der Waals surface area (Å²) in [5.41, 5.74) is 8.23. The van der Waals surface area contributed by atoms with E-state index in [4.69, 9.17) is 10.5 Å². The monoisotopic (exact) mass is 361 g/mol. The highest BCUT2D eigenvalue weighted by molar-refractivity contribution is 6.05. The first kappa shape index (κ1) is 18.0. The third-order valence-electron chi connectivity index (χ3n) is 3.82. The molecular formula is C21H19N3O3. The maximum absolute atomic E-state index is 12.3. The minimum Gasteiger partial charge on any atom is -0.410 e. The van der Waals surface area contributed by atoms with Crippen molar-refractivity contribution in [3.05, 3.63) is 90.0 Å². The Balaban J connectivity index is 1.53. The standard InChI is InChI=1S/C21H19N3O3/c22-18-8-4-5-9-19(18)24-20(25)16-12-10-15(11-13-16)14-23-21(26)27-17-6-2-1-3-7-17/h1-13H,14,22H2,(H,23,26)(H,24,25). The lowest BCUT2D eigenvalue weighted by Crippen LogP contribution is -2.26. The zero-order valence-corrected chi connectivity index (χ0v) is 14.5. The van der Waals surface area contributed by atoms with E-state index >= 15 is 0 Å². The van der Waals surface area contributed by atoms with Gasteiger partial charge < -0.3 is 21.1 Å². The molecule has 0 aliphatic rings. The van der Waals surface area contributed by atoms with Crippen LogP contribution in [0.1, 0.15) is 15.9 Å². The minimum atomic E-state index is -0.539. The molecule has 0 aliphatic heterocycles. The van der Waals surface area contributed by atoms with Gasteiger partial charge in [0.05, 0.1) is 11.4 Å². The van der Waals surface area contributed by atoms with Gasteiger partial charge in [-0.3, -0.25) is 4.79 Å². The molecular weight excluding hydrogens is 342 g/mol. The quantitative estimate of drug-likeness (QED) is 0.603. The van der Waals surface area contributed by atoms with Crippen molar-refractivity contribution in [2.24, 2.45) is 0 Å². The van der Waals surface area contributed by atoms with Crippen LogP contribution in [0.5, 0.6) is 5.75 Å². The number of carbonyl (C=O) groups excluding carboxylic acids is 2. The Morgan fingerprint density at radius 2 is 1.52 bits per heavy atom. The van der Waals surface area contributed by atoms with Crippen molar-refractivity contribution in [1.29, 1.82) is 0 Å². The van der Waals surface area contributed by atoms with Crippen LogP contribution >= 0.6 is 0 Å². The minimum absolute atomic E-state index is 0.254. The van der Waals surface area contributed by atoms with E-state index in [1.165, 1.54) is 0 Å². The van der Waals surface area contributed by atoms with Gasteiger partial charge in [-0.25, -0.2) is 4.79 Å². The highest BCUT2D eigenvalue weighted by Gasteiger charge is 2.08. The van der Waals surface area contributed by atoms with Crippen LogP contribution in [-0.4, -0.2) is 12.0 Å². The first-order chi connectivity index (χ1) is 13.1.